The third kappa shape index (κ3) is 4.23. The number of rotatable bonds is 7. The van der Waals surface area contributed by atoms with E-state index in [9.17, 15) is 9.59 Å². The van der Waals surface area contributed by atoms with Crippen LogP contribution in [0.2, 0.25) is 0 Å². The Labute approximate surface area is 140 Å². The topological polar surface area (TPSA) is 83.4 Å². The normalized spacial score (nSPS) is 13.5. The van der Waals surface area contributed by atoms with Gasteiger partial charge in [-0.25, -0.2) is 0 Å². The number of carbonyl (C=O) groups excluding carboxylic acids is 2. The first-order valence-corrected chi connectivity index (χ1v) is 8.07. The molecular formula is C18H21N3O3. The van der Waals surface area contributed by atoms with Gasteiger partial charge in [-0.05, 0) is 49.6 Å². The van der Waals surface area contributed by atoms with E-state index in [2.05, 4.69) is 16.0 Å². The van der Waals surface area contributed by atoms with Gasteiger partial charge in [0.1, 0.15) is 5.76 Å². The first kappa shape index (κ1) is 16.3. The van der Waals surface area contributed by atoms with Gasteiger partial charge in [0, 0.05) is 17.3 Å². The minimum atomic E-state index is -0.143. The van der Waals surface area contributed by atoms with E-state index in [4.69, 9.17) is 4.42 Å². The molecule has 0 saturated heterocycles. The molecule has 0 aliphatic heterocycles. The zero-order valence-corrected chi connectivity index (χ0v) is 13.6. The maximum Gasteiger partial charge on any atom is 0.238 e. The highest BCUT2D eigenvalue weighted by Crippen LogP contribution is 2.31. The van der Waals surface area contributed by atoms with Crippen molar-refractivity contribution in [2.75, 3.05) is 17.2 Å². The molecule has 1 aliphatic rings. The molecule has 1 aromatic heterocycles. The van der Waals surface area contributed by atoms with E-state index >= 15 is 0 Å². The van der Waals surface area contributed by atoms with Crippen LogP contribution >= 0.6 is 0 Å². The van der Waals surface area contributed by atoms with E-state index in [0.29, 0.717) is 12.2 Å². The Morgan fingerprint density at radius 3 is 2.54 bits per heavy atom. The second kappa shape index (κ2) is 7.31. The largest absolute Gasteiger partial charge is 0.468 e. The van der Waals surface area contributed by atoms with Crippen LogP contribution in [-0.4, -0.2) is 18.4 Å². The van der Waals surface area contributed by atoms with Gasteiger partial charge < -0.3 is 20.4 Å². The Bertz CT molecular complexity index is 721. The molecule has 1 heterocycles. The molecule has 0 atom stereocenters. The molecule has 0 bridgehead atoms. The molecule has 0 unspecified atom stereocenters. The van der Waals surface area contributed by atoms with E-state index in [1.807, 2.05) is 37.3 Å². The van der Waals surface area contributed by atoms with Crippen LogP contribution in [-0.2, 0) is 16.1 Å². The van der Waals surface area contributed by atoms with Crippen molar-refractivity contribution in [3.8, 4) is 0 Å². The maximum absolute atomic E-state index is 12.1. The summed E-state index contributed by atoms with van der Waals surface area (Å²) in [5.74, 6) is 0.842. The van der Waals surface area contributed by atoms with E-state index in [1.165, 1.54) is 0 Å². The molecule has 0 spiro atoms. The van der Waals surface area contributed by atoms with Gasteiger partial charge in [-0.2, -0.15) is 0 Å². The lowest BCUT2D eigenvalue weighted by Gasteiger charge is -2.13. The van der Waals surface area contributed by atoms with Crippen LogP contribution in [0.3, 0.4) is 0 Å². The third-order valence-electron chi connectivity index (χ3n) is 3.98. The highest BCUT2D eigenvalue weighted by atomic mass is 16.3. The van der Waals surface area contributed by atoms with Crippen molar-refractivity contribution in [2.24, 2.45) is 5.92 Å². The Morgan fingerprint density at radius 2 is 1.88 bits per heavy atom. The fraction of sp³-hybridized carbons (Fsp3) is 0.333. The highest BCUT2D eigenvalue weighted by molar-refractivity contribution is 5.97. The standard InChI is InChI=1S/C18H21N3O3/c1-12-15(5-2-6-16(12)21-18(23)13-7-8-13)20-17(22)11-19-10-14-4-3-9-24-14/h2-6,9,13,19H,7-8,10-11H2,1H3,(H,20,22)(H,21,23). The first-order valence-electron chi connectivity index (χ1n) is 8.07. The van der Waals surface area contributed by atoms with Gasteiger partial charge >= 0.3 is 0 Å². The molecule has 6 heteroatoms. The molecule has 1 fully saturated rings. The van der Waals surface area contributed by atoms with Gasteiger partial charge in [0.05, 0.1) is 19.4 Å². The monoisotopic (exact) mass is 327 g/mol. The van der Waals surface area contributed by atoms with Crippen LogP contribution in [0.5, 0.6) is 0 Å². The predicted octanol–water partition coefficient (Wildman–Crippen LogP) is 2.66. The molecular weight excluding hydrogens is 306 g/mol. The van der Waals surface area contributed by atoms with Crippen molar-refractivity contribution in [2.45, 2.75) is 26.3 Å². The lowest BCUT2D eigenvalue weighted by atomic mass is 10.1. The van der Waals surface area contributed by atoms with E-state index in [1.54, 1.807) is 6.26 Å². The van der Waals surface area contributed by atoms with Crippen LogP contribution in [0, 0.1) is 12.8 Å². The number of nitrogens with one attached hydrogen (secondary N) is 3. The molecule has 3 rings (SSSR count). The number of furan rings is 1. The lowest BCUT2D eigenvalue weighted by Crippen LogP contribution is -2.28. The number of hydrogen-bond acceptors (Lipinski definition) is 4. The number of carbonyl (C=O) groups is 2. The van der Waals surface area contributed by atoms with Crippen molar-refractivity contribution in [1.29, 1.82) is 0 Å². The fourth-order valence-corrected chi connectivity index (χ4v) is 2.39. The van der Waals surface area contributed by atoms with Crippen molar-refractivity contribution >= 4 is 23.2 Å². The van der Waals surface area contributed by atoms with Gasteiger partial charge in [-0.3, -0.25) is 9.59 Å². The zero-order valence-electron chi connectivity index (χ0n) is 13.6. The van der Waals surface area contributed by atoms with Crippen LogP contribution in [0.15, 0.2) is 41.0 Å². The van der Waals surface area contributed by atoms with Crippen LogP contribution < -0.4 is 16.0 Å². The molecule has 3 N–H and O–H groups in total. The zero-order chi connectivity index (χ0) is 16.9. The molecule has 6 nitrogen and oxygen atoms in total. The average Bonchev–Trinajstić information content (AvgIpc) is 3.29. The smallest absolute Gasteiger partial charge is 0.238 e. The summed E-state index contributed by atoms with van der Waals surface area (Å²) in [6, 6.07) is 9.15. The molecule has 24 heavy (non-hydrogen) atoms. The predicted molar refractivity (Wildman–Crippen MR) is 91.6 cm³/mol. The van der Waals surface area contributed by atoms with E-state index in [-0.39, 0.29) is 24.3 Å². The van der Waals surface area contributed by atoms with Gasteiger partial charge in [0.15, 0.2) is 0 Å². The summed E-state index contributed by atoms with van der Waals surface area (Å²) in [6.45, 7) is 2.56. The Morgan fingerprint density at radius 1 is 1.12 bits per heavy atom. The van der Waals surface area contributed by atoms with Crippen molar-refractivity contribution in [1.82, 2.24) is 5.32 Å². The second-order valence-corrected chi connectivity index (χ2v) is 5.97. The summed E-state index contributed by atoms with van der Waals surface area (Å²) in [5, 5.41) is 8.82. The summed E-state index contributed by atoms with van der Waals surface area (Å²) >= 11 is 0. The summed E-state index contributed by atoms with van der Waals surface area (Å²) in [7, 11) is 0. The van der Waals surface area contributed by atoms with Crippen molar-refractivity contribution < 1.29 is 14.0 Å². The Kier molecular flexibility index (Phi) is 4.96. The summed E-state index contributed by atoms with van der Waals surface area (Å²) in [6.07, 6.45) is 3.52. The fourth-order valence-electron chi connectivity index (χ4n) is 2.39. The molecule has 1 aliphatic carbocycles. The van der Waals surface area contributed by atoms with E-state index in [0.717, 1.165) is 29.9 Å². The van der Waals surface area contributed by atoms with Gasteiger partial charge in [-0.15, -0.1) is 0 Å². The van der Waals surface area contributed by atoms with Crippen LogP contribution in [0.25, 0.3) is 0 Å². The Balaban J connectivity index is 1.53. The molecule has 2 amide bonds. The molecule has 0 radical (unpaired) electrons. The van der Waals surface area contributed by atoms with Crippen LogP contribution in [0.1, 0.15) is 24.2 Å². The number of hydrogen-bond donors (Lipinski definition) is 3. The molecule has 126 valence electrons. The molecule has 2 aromatic rings. The minimum absolute atomic E-state index is 0.0571. The van der Waals surface area contributed by atoms with Gasteiger partial charge in [0.2, 0.25) is 11.8 Å². The second-order valence-electron chi connectivity index (χ2n) is 5.97. The summed E-state index contributed by atoms with van der Waals surface area (Å²) < 4.78 is 5.20. The molecule has 1 aromatic carbocycles. The van der Waals surface area contributed by atoms with Crippen molar-refractivity contribution in [3.05, 3.63) is 47.9 Å². The highest BCUT2D eigenvalue weighted by Gasteiger charge is 2.29. The number of anilines is 2. The Hall–Kier alpha value is -2.60. The number of amides is 2. The third-order valence-corrected chi connectivity index (χ3v) is 3.98. The maximum atomic E-state index is 12.1. The minimum Gasteiger partial charge on any atom is -0.468 e. The summed E-state index contributed by atoms with van der Waals surface area (Å²) in [5.41, 5.74) is 2.30. The summed E-state index contributed by atoms with van der Waals surface area (Å²) in [4.78, 5) is 24.0. The van der Waals surface area contributed by atoms with Crippen molar-refractivity contribution in [3.63, 3.8) is 0 Å². The van der Waals surface area contributed by atoms with E-state index < -0.39 is 0 Å². The van der Waals surface area contributed by atoms with Crippen LogP contribution in [0.4, 0.5) is 11.4 Å². The molecule has 1 saturated carbocycles. The number of benzene rings is 1. The first-order chi connectivity index (χ1) is 11.6. The van der Waals surface area contributed by atoms with Gasteiger partial charge in [0.25, 0.3) is 0 Å². The van der Waals surface area contributed by atoms with Gasteiger partial charge in [-0.1, -0.05) is 6.07 Å². The lowest BCUT2D eigenvalue weighted by molar-refractivity contribution is -0.117. The average molecular weight is 327 g/mol. The SMILES string of the molecule is Cc1c(NC(=O)CNCc2ccco2)cccc1NC(=O)C1CC1. The quantitative estimate of drug-likeness (QED) is 0.730.